The maximum atomic E-state index is 13.3. The van der Waals surface area contributed by atoms with E-state index in [4.69, 9.17) is 15.7 Å². The molecule has 40 heavy (non-hydrogen) atoms. The van der Waals surface area contributed by atoms with Gasteiger partial charge in [-0.3, -0.25) is 9.36 Å². The molecule has 11 heteroatoms. The zero-order chi connectivity index (χ0) is 28.3. The third-order valence-corrected chi connectivity index (χ3v) is 7.38. The Morgan fingerprint density at radius 2 is 1.82 bits per heavy atom. The molecule has 6 rings (SSSR count). The number of hydrogen-bond acceptors (Lipinski definition) is 6. The van der Waals surface area contributed by atoms with E-state index in [2.05, 4.69) is 46.7 Å². The van der Waals surface area contributed by atoms with E-state index in [0.29, 0.717) is 22.8 Å². The molecular formula is C29H31F2N9. The van der Waals surface area contributed by atoms with Crippen LogP contribution in [0.2, 0.25) is 0 Å². The van der Waals surface area contributed by atoms with Crippen LogP contribution >= 0.6 is 0 Å². The number of imidazole rings is 1. The van der Waals surface area contributed by atoms with Crippen molar-refractivity contribution in [3.05, 3.63) is 59.2 Å². The summed E-state index contributed by atoms with van der Waals surface area (Å²) in [5.41, 5.74) is 12.9. The fourth-order valence-corrected chi connectivity index (χ4v) is 5.28. The van der Waals surface area contributed by atoms with Crippen molar-refractivity contribution in [1.82, 2.24) is 34.1 Å². The summed E-state index contributed by atoms with van der Waals surface area (Å²) in [5, 5.41) is 9.57. The Morgan fingerprint density at radius 3 is 2.50 bits per heavy atom. The van der Waals surface area contributed by atoms with E-state index in [9.17, 15) is 8.78 Å². The monoisotopic (exact) mass is 543 g/mol. The first-order valence-electron chi connectivity index (χ1n) is 13.3. The van der Waals surface area contributed by atoms with Crippen molar-refractivity contribution in [3.8, 4) is 22.6 Å². The van der Waals surface area contributed by atoms with Gasteiger partial charge in [0, 0.05) is 79.0 Å². The van der Waals surface area contributed by atoms with Gasteiger partial charge in [0.15, 0.2) is 11.5 Å². The molecule has 1 saturated carbocycles. The molecule has 0 saturated heterocycles. The summed E-state index contributed by atoms with van der Waals surface area (Å²) in [5.74, 6) is 1.57. The van der Waals surface area contributed by atoms with Crippen LogP contribution in [0.4, 0.5) is 20.3 Å². The summed E-state index contributed by atoms with van der Waals surface area (Å²) in [7, 11) is 5.42. The fraction of sp³-hybridized carbons (Fsp3) is 0.345. The van der Waals surface area contributed by atoms with Gasteiger partial charge in [0.05, 0.1) is 11.4 Å². The molecule has 0 atom stereocenters. The minimum absolute atomic E-state index is 0.164. The second-order valence-corrected chi connectivity index (χ2v) is 10.7. The zero-order valence-corrected chi connectivity index (χ0v) is 23.1. The highest BCUT2D eigenvalue weighted by atomic mass is 19.3. The van der Waals surface area contributed by atoms with E-state index < -0.39 is 6.43 Å². The minimum atomic E-state index is -2.64. The van der Waals surface area contributed by atoms with Gasteiger partial charge in [-0.2, -0.15) is 10.2 Å². The number of fused-ring (bicyclic) bond motifs is 1. The van der Waals surface area contributed by atoms with E-state index in [0.717, 1.165) is 56.9 Å². The van der Waals surface area contributed by atoms with Crippen LogP contribution in [0.25, 0.3) is 33.7 Å². The topological polar surface area (TPSA) is 105 Å². The van der Waals surface area contributed by atoms with Crippen molar-refractivity contribution in [3.63, 3.8) is 0 Å². The lowest BCUT2D eigenvalue weighted by Crippen LogP contribution is -2.03. The number of alkyl halides is 2. The number of anilines is 1. The number of aryl methyl sites for hydroxylation is 2. The molecule has 1 fully saturated rings. The minimum Gasteiger partial charge on any atom is -0.398 e. The number of aromatic nitrogens is 7. The van der Waals surface area contributed by atoms with Crippen molar-refractivity contribution < 1.29 is 8.78 Å². The third-order valence-electron chi connectivity index (χ3n) is 7.38. The maximum Gasteiger partial charge on any atom is 0.280 e. The Hall–Kier alpha value is -4.41. The van der Waals surface area contributed by atoms with E-state index in [1.54, 1.807) is 17.0 Å². The first-order valence-corrected chi connectivity index (χ1v) is 13.3. The van der Waals surface area contributed by atoms with Crippen molar-refractivity contribution in [1.29, 1.82) is 0 Å². The Bertz CT molecular complexity index is 1770. The average Bonchev–Trinajstić information content (AvgIpc) is 3.42. The second-order valence-electron chi connectivity index (χ2n) is 10.7. The van der Waals surface area contributed by atoms with Crippen molar-refractivity contribution >= 4 is 28.8 Å². The van der Waals surface area contributed by atoms with Gasteiger partial charge in [-0.15, -0.1) is 0 Å². The standard InChI is InChI=1S/C29H31F2N9/c1-15(2)24-19(11-17-14-38(3)37-28(17)34-24)29-35-25(26(39(29)4)16-9-10-16)18-7-6-8-21(32)20(18)13-33-23-12-22(27(30)31)40(5)36-23/h6-8,11-16,27H,9-10,32H2,1-5H3. The summed E-state index contributed by atoms with van der Waals surface area (Å²) in [6.45, 7) is 4.24. The largest absolute Gasteiger partial charge is 0.398 e. The number of nitrogen functional groups attached to an aromatic ring is 1. The van der Waals surface area contributed by atoms with Gasteiger partial charge in [-0.1, -0.05) is 26.0 Å². The Kier molecular flexibility index (Phi) is 6.24. The van der Waals surface area contributed by atoms with Crippen LogP contribution in [0, 0.1) is 0 Å². The Labute approximate surface area is 230 Å². The van der Waals surface area contributed by atoms with Crippen LogP contribution in [-0.2, 0) is 21.1 Å². The van der Waals surface area contributed by atoms with Gasteiger partial charge in [-0.25, -0.2) is 23.7 Å². The average molecular weight is 544 g/mol. The molecule has 2 N–H and O–H groups in total. The number of nitrogens with zero attached hydrogens (tertiary/aromatic N) is 8. The molecule has 0 bridgehead atoms. The molecule has 4 heterocycles. The first-order chi connectivity index (χ1) is 19.1. The molecular weight excluding hydrogens is 512 g/mol. The van der Waals surface area contributed by atoms with Crippen LogP contribution in [0.3, 0.4) is 0 Å². The van der Waals surface area contributed by atoms with Crippen LogP contribution in [0.5, 0.6) is 0 Å². The molecule has 206 valence electrons. The van der Waals surface area contributed by atoms with Crippen LogP contribution < -0.4 is 5.73 Å². The van der Waals surface area contributed by atoms with Gasteiger partial charge >= 0.3 is 0 Å². The number of halogens is 2. The molecule has 4 aromatic heterocycles. The quantitative estimate of drug-likeness (QED) is 0.199. The van der Waals surface area contributed by atoms with E-state index in [-0.39, 0.29) is 17.4 Å². The summed E-state index contributed by atoms with van der Waals surface area (Å²) in [4.78, 5) is 14.6. The molecule has 0 amide bonds. The fourth-order valence-electron chi connectivity index (χ4n) is 5.28. The molecule has 5 aromatic rings. The summed E-state index contributed by atoms with van der Waals surface area (Å²) in [6, 6.07) is 9.07. The van der Waals surface area contributed by atoms with E-state index in [1.807, 2.05) is 25.4 Å². The van der Waals surface area contributed by atoms with Crippen molar-refractivity contribution in [2.24, 2.45) is 26.1 Å². The lowest BCUT2D eigenvalue weighted by Gasteiger charge is -2.12. The molecule has 1 aliphatic carbocycles. The predicted molar refractivity (Wildman–Crippen MR) is 152 cm³/mol. The molecule has 0 spiro atoms. The van der Waals surface area contributed by atoms with Gasteiger partial charge in [-0.05, 0) is 30.9 Å². The van der Waals surface area contributed by atoms with Crippen LogP contribution in [0.1, 0.15) is 67.6 Å². The predicted octanol–water partition coefficient (Wildman–Crippen LogP) is 6.04. The molecule has 9 nitrogen and oxygen atoms in total. The molecule has 1 aromatic carbocycles. The van der Waals surface area contributed by atoms with Crippen LogP contribution in [-0.4, -0.2) is 40.3 Å². The first kappa shape index (κ1) is 25.8. The number of pyridine rings is 1. The van der Waals surface area contributed by atoms with Gasteiger partial charge in [0.2, 0.25) is 0 Å². The van der Waals surface area contributed by atoms with Crippen molar-refractivity contribution in [2.75, 3.05) is 5.73 Å². The van der Waals surface area contributed by atoms with E-state index in [1.165, 1.54) is 13.1 Å². The third kappa shape index (κ3) is 4.44. The van der Waals surface area contributed by atoms with Gasteiger partial charge in [0.25, 0.3) is 6.43 Å². The normalized spacial score (nSPS) is 14.0. The van der Waals surface area contributed by atoms with Gasteiger partial charge in [0.1, 0.15) is 11.5 Å². The number of hydrogen-bond donors (Lipinski definition) is 1. The number of benzene rings is 1. The highest BCUT2D eigenvalue weighted by Gasteiger charge is 2.33. The van der Waals surface area contributed by atoms with Crippen molar-refractivity contribution in [2.45, 2.75) is 45.0 Å². The number of rotatable bonds is 7. The molecule has 0 aliphatic heterocycles. The number of nitrogens with two attached hydrogens (primary N) is 1. The lowest BCUT2D eigenvalue weighted by atomic mass is 10.0. The summed E-state index contributed by atoms with van der Waals surface area (Å²) in [6.07, 6.45) is 3.09. The second kappa shape index (κ2) is 9.65. The smallest absolute Gasteiger partial charge is 0.280 e. The lowest BCUT2D eigenvalue weighted by molar-refractivity contribution is 0.141. The highest BCUT2D eigenvalue weighted by Crippen LogP contribution is 2.47. The van der Waals surface area contributed by atoms with Gasteiger partial charge < -0.3 is 10.3 Å². The molecule has 0 unspecified atom stereocenters. The van der Waals surface area contributed by atoms with E-state index >= 15 is 0 Å². The summed E-state index contributed by atoms with van der Waals surface area (Å²) < 4.78 is 31.6. The number of aliphatic imine (C=N–C) groups is 1. The molecule has 1 aliphatic rings. The molecule has 0 radical (unpaired) electrons. The SMILES string of the molecule is CC(C)c1nc2nn(C)cc2cc1-c1nc(-c2cccc(N)c2C=Nc2cc(C(F)F)n(C)n2)c(C2CC2)n1C. The Balaban J connectivity index is 1.51. The van der Waals surface area contributed by atoms with Crippen LogP contribution in [0.15, 0.2) is 41.5 Å². The summed E-state index contributed by atoms with van der Waals surface area (Å²) >= 11 is 0. The zero-order valence-electron chi connectivity index (χ0n) is 23.1. The Morgan fingerprint density at radius 1 is 1.05 bits per heavy atom. The highest BCUT2D eigenvalue weighted by molar-refractivity contribution is 5.97. The maximum absolute atomic E-state index is 13.3.